The van der Waals surface area contributed by atoms with E-state index in [1.54, 1.807) is 0 Å². The zero-order valence-electron chi connectivity index (χ0n) is 27.8. The number of benzene rings is 9. The molecule has 0 saturated heterocycles. The summed E-state index contributed by atoms with van der Waals surface area (Å²) in [5.74, 6) is 0.676. The van der Waals surface area contributed by atoms with Crippen LogP contribution in [0.1, 0.15) is 0 Å². The molecule has 0 N–H and O–H groups in total. The molecule has 0 fully saturated rings. The largest absolute Gasteiger partial charge is 0.308 e. The van der Waals surface area contributed by atoms with Gasteiger partial charge in [0.25, 0.3) is 0 Å². The van der Waals surface area contributed by atoms with Crippen molar-refractivity contribution in [3.05, 3.63) is 158 Å². The molecule has 238 valence electrons. The van der Waals surface area contributed by atoms with Crippen molar-refractivity contribution in [1.29, 1.82) is 0 Å². The van der Waals surface area contributed by atoms with Crippen molar-refractivity contribution in [2.75, 3.05) is 0 Å². The Bertz CT molecular complexity index is 3640. The summed E-state index contributed by atoms with van der Waals surface area (Å²) in [7, 11) is 0. The highest BCUT2D eigenvalue weighted by atomic mass is 15.2. The van der Waals surface area contributed by atoms with Gasteiger partial charge in [0.2, 0.25) is 5.95 Å². The molecule has 13 rings (SSSR count). The fourth-order valence-electron chi connectivity index (χ4n) is 9.40. The molecule has 4 aromatic heterocycles. The second-order valence-corrected chi connectivity index (χ2v) is 14.2. The van der Waals surface area contributed by atoms with Crippen LogP contribution in [-0.4, -0.2) is 18.9 Å². The van der Waals surface area contributed by atoms with E-state index >= 15 is 0 Å². The molecule has 0 aliphatic rings. The number of rotatable bonds is 2. The number of nitrogens with zero attached hydrogens (tertiary/aromatic N) is 4. The smallest absolute Gasteiger partial charge is 0.235 e. The Morgan fingerprint density at radius 1 is 0.365 bits per heavy atom. The first-order chi connectivity index (χ1) is 25.8. The third-order valence-electron chi connectivity index (χ3n) is 11.6. The molecule has 52 heavy (non-hydrogen) atoms. The van der Waals surface area contributed by atoms with E-state index in [9.17, 15) is 0 Å². The summed E-state index contributed by atoms with van der Waals surface area (Å²) >= 11 is 0. The molecule has 9 aromatic carbocycles. The Labute approximate surface area is 296 Å². The highest BCUT2D eigenvalue weighted by molar-refractivity contribution is 6.37. The van der Waals surface area contributed by atoms with Crippen LogP contribution in [-0.2, 0) is 0 Å². The molecule has 0 amide bonds. The van der Waals surface area contributed by atoms with Gasteiger partial charge in [-0.1, -0.05) is 121 Å². The van der Waals surface area contributed by atoms with Gasteiger partial charge in [-0.3, -0.25) is 4.57 Å². The lowest BCUT2D eigenvalue weighted by atomic mass is 9.98. The number of aromatic nitrogens is 4. The lowest BCUT2D eigenvalue weighted by molar-refractivity contribution is 1.02. The third-order valence-corrected chi connectivity index (χ3v) is 11.6. The second kappa shape index (κ2) is 9.39. The van der Waals surface area contributed by atoms with E-state index in [1.165, 1.54) is 75.8 Å². The van der Waals surface area contributed by atoms with Crippen LogP contribution < -0.4 is 0 Å². The van der Waals surface area contributed by atoms with Gasteiger partial charge in [-0.15, -0.1) is 0 Å². The van der Waals surface area contributed by atoms with Crippen LogP contribution in [0, 0.1) is 0 Å². The second-order valence-electron chi connectivity index (χ2n) is 14.2. The summed E-state index contributed by atoms with van der Waals surface area (Å²) in [5.41, 5.74) is 8.87. The van der Waals surface area contributed by atoms with E-state index < -0.39 is 0 Å². The highest BCUT2D eigenvalue weighted by Crippen LogP contribution is 2.47. The molecule has 0 aliphatic heterocycles. The Balaban J connectivity index is 1.24. The van der Waals surface area contributed by atoms with E-state index in [0.717, 1.165) is 38.6 Å². The summed E-state index contributed by atoms with van der Waals surface area (Å²) in [6.07, 6.45) is 0. The average Bonchev–Trinajstić information content (AvgIpc) is 3.68. The maximum absolute atomic E-state index is 5.59. The fraction of sp³-hybridized carbons (Fsp3) is 0. The van der Waals surface area contributed by atoms with Gasteiger partial charge in [-0.05, 0) is 68.7 Å². The molecule has 0 aliphatic carbocycles. The van der Waals surface area contributed by atoms with Crippen LogP contribution in [0.3, 0.4) is 0 Å². The number of hydrogen-bond donors (Lipinski definition) is 0. The Morgan fingerprint density at radius 2 is 1.02 bits per heavy atom. The fourth-order valence-corrected chi connectivity index (χ4v) is 9.40. The first-order valence-electron chi connectivity index (χ1n) is 17.8. The number of fused-ring (bicyclic) bond motifs is 8. The van der Waals surface area contributed by atoms with Crippen molar-refractivity contribution in [3.63, 3.8) is 0 Å². The third kappa shape index (κ3) is 3.23. The molecule has 4 heteroatoms. The minimum atomic E-state index is 0.676. The molecular formula is C48H26N4. The maximum Gasteiger partial charge on any atom is 0.235 e. The molecule has 0 unspecified atom stereocenters. The van der Waals surface area contributed by atoms with Crippen molar-refractivity contribution in [3.8, 4) is 17.2 Å². The van der Waals surface area contributed by atoms with Crippen molar-refractivity contribution in [2.24, 2.45) is 0 Å². The van der Waals surface area contributed by atoms with Crippen molar-refractivity contribution >= 4 is 103 Å². The van der Waals surface area contributed by atoms with Crippen LogP contribution in [0.5, 0.6) is 0 Å². The number of para-hydroxylation sites is 1. The quantitative estimate of drug-likeness (QED) is 0.173. The topological polar surface area (TPSA) is 35.1 Å². The Kier molecular flexibility index (Phi) is 4.83. The van der Waals surface area contributed by atoms with E-state index in [1.807, 2.05) is 0 Å². The maximum atomic E-state index is 5.59. The molecule has 0 radical (unpaired) electrons. The van der Waals surface area contributed by atoms with Crippen LogP contribution in [0.2, 0.25) is 0 Å². The van der Waals surface area contributed by atoms with Crippen molar-refractivity contribution in [2.45, 2.75) is 0 Å². The minimum Gasteiger partial charge on any atom is -0.308 e. The first kappa shape index (κ1) is 26.8. The van der Waals surface area contributed by atoms with Gasteiger partial charge in [-0.25, -0.2) is 9.97 Å². The molecule has 0 saturated carbocycles. The summed E-state index contributed by atoms with van der Waals surface area (Å²) < 4.78 is 4.82. The normalized spacial score (nSPS) is 12.6. The zero-order valence-corrected chi connectivity index (χ0v) is 27.8. The molecule has 0 bridgehead atoms. The predicted octanol–water partition coefficient (Wildman–Crippen LogP) is 12.4. The minimum absolute atomic E-state index is 0.676. The summed E-state index contributed by atoms with van der Waals surface area (Å²) in [4.78, 5) is 11.0. The lowest BCUT2D eigenvalue weighted by Gasteiger charge is -2.14. The first-order valence-corrected chi connectivity index (χ1v) is 17.8. The van der Waals surface area contributed by atoms with E-state index in [2.05, 4.69) is 167 Å². The highest BCUT2D eigenvalue weighted by Gasteiger charge is 2.26. The van der Waals surface area contributed by atoms with Gasteiger partial charge < -0.3 is 4.40 Å². The van der Waals surface area contributed by atoms with E-state index in [4.69, 9.17) is 9.97 Å². The van der Waals surface area contributed by atoms with E-state index in [-0.39, 0.29) is 0 Å². The SMILES string of the molecule is c1ccc2cc(-c3nc(-n4c5ccc6cccc7c6c5c5c6c(ccc8c9ccccc9n7c86)ccc54)nc4ccc5ccccc5c34)ccc2c1. The summed E-state index contributed by atoms with van der Waals surface area (Å²) in [6, 6.07) is 57.4. The summed E-state index contributed by atoms with van der Waals surface area (Å²) in [5, 5.41) is 15.9. The standard InChI is InChI=1S/C48H26N4/c1-2-10-31-26-32(17-16-27(31)8-1)46-43-33-12-4-3-9-28(33)19-23-36(43)49-48(50-46)52-39-24-20-29-11-7-15-38-41(29)44(39)45-40(52)25-21-30-18-22-35-34-13-5-6-14-37(34)51(38)47(35)42(30)45/h1-26H. The van der Waals surface area contributed by atoms with Gasteiger partial charge in [0.15, 0.2) is 0 Å². The van der Waals surface area contributed by atoms with Crippen LogP contribution in [0.15, 0.2) is 158 Å². The zero-order chi connectivity index (χ0) is 33.7. The number of hydrogen-bond acceptors (Lipinski definition) is 2. The molecular weight excluding hydrogens is 633 g/mol. The summed E-state index contributed by atoms with van der Waals surface area (Å²) in [6.45, 7) is 0. The average molecular weight is 659 g/mol. The predicted molar refractivity (Wildman–Crippen MR) is 218 cm³/mol. The molecule has 4 heterocycles. The van der Waals surface area contributed by atoms with Gasteiger partial charge in [0, 0.05) is 43.3 Å². The van der Waals surface area contributed by atoms with Crippen molar-refractivity contribution in [1.82, 2.24) is 18.9 Å². The molecule has 4 nitrogen and oxygen atoms in total. The Morgan fingerprint density at radius 3 is 1.90 bits per heavy atom. The van der Waals surface area contributed by atoms with Crippen LogP contribution >= 0.6 is 0 Å². The molecule has 13 aromatic rings. The molecule has 0 spiro atoms. The van der Waals surface area contributed by atoms with Gasteiger partial charge >= 0.3 is 0 Å². The van der Waals surface area contributed by atoms with Gasteiger partial charge in [0.1, 0.15) is 0 Å². The molecule has 0 atom stereocenters. The Hall–Kier alpha value is -7.04. The lowest BCUT2D eigenvalue weighted by Crippen LogP contribution is -2.04. The van der Waals surface area contributed by atoms with E-state index in [0.29, 0.717) is 5.95 Å². The van der Waals surface area contributed by atoms with Crippen molar-refractivity contribution < 1.29 is 0 Å². The van der Waals surface area contributed by atoms with Crippen LogP contribution in [0.4, 0.5) is 0 Å². The van der Waals surface area contributed by atoms with Crippen LogP contribution in [0.25, 0.3) is 120 Å². The monoisotopic (exact) mass is 658 g/mol. The van der Waals surface area contributed by atoms with Gasteiger partial charge in [-0.2, -0.15) is 0 Å². The van der Waals surface area contributed by atoms with Gasteiger partial charge in [0.05, 0.1) is 38.8 Å².